The summed E-state index contributed by atoms with van der Waals surface area (Å²) in [6.07, 6.45) is 3.82. The monoisotopic (exact) mass is 225 g/mol. The molecule has 0 aliphatic carbocycles. The molecule has 1 aromatic rings. The third-order valence-electron chi connectivity index (χ3n) is 1.88. The van der Waals surface area contributed by atoms with Gasteiger partial charge in [0.05, 0.1) is 5.75 Å². The molecule has 0 spiro atoms. The molecular formula is C11H19N3S. The lowest BCUT2D eigenvalue weighted by Gasteiger charge is -2.04. The van der Waals surface area contributed by atoms with E-state index in [1.165, 1.54) is 0 Å². The predicted molar refractivity (Wildman–Crippen MR) is 65.8 cm³/mol. The van der Waals surface area contributed by atoms with Crippen LogP contribution in [0.3, 0.4) is 0 Å². The van der Waals surface area contributed by atoms with E-state index in [0.29, 0.717) is 5.25 Å². The molecule has 0 aromatic carbocycles. The molecule has 15 heavy (non-hydrogen) atoms. The van der Waals surface area contributed by atoms with Crippen molar-refractivity contribution >= 4 is 11.8 Å². The third-order valence-corrected chi connectivity index (χ3v) is 2.98. The van der Waals surface area contributed by atoms with Gasteiger partial charge in [0.15, 0.2) is 0 Å². The summed E-state index contributed by atoms with van der Waals surface area (Å²) in [6, 6.07) is 0. The first-order chi connectivity index (χ1) is 7.22. The molecular weight excluding hydrogens is 206 g/mol. The van der Waals surface area contributed by atoms with E-state index in [-0.39, 0.29) is 0 Å². The van der Waals surface area contributed by atoms with E-state index in [2.05, 4.69) is 36.1 Å². The molecule has 0 bridgehead atoms. The second-order valence-electron chi connectivity index (χ2n) is 3.65. The molecule has 0 saturated heterocycles. The first-order valence-corrected chi connectivity index (χ1v) is 6.39. The molecule has 0 radical (unpaired) electrons. The van der Waals surface area contributed by atoms with Crippen molar-refractivity contribution in [3.63, 3.8) is 0 Å². The Hall–Kier alpha value is -0.610. The fraction of sp³-hybridized carbons (Fsp3) is 0.636. The Morgan fingerprint density at radius 2 is 2.00 bits per heavy atom. The van der Waals surface area contributed by atoms with Crippen LogP contribution < -0.4 is 5.32 Å². The molecule has 1 aromatic heterocycles. The van der Waals surface area contributed by atoms with Crippen LogP contribution in [0.4, 0.5) is 0 Å². The summed E-state index contributed by atoms with van der Waals surface area (Å²) in [4.78, 5) is 8.66. The Kier molecular flexibility index (Phi) is 5.65. The quantitative estimate of drug-likeness (QED) is 0.805. The molecule has 1 rings (SSSR count). The van der Waals surface area contributed by atoms with E-state index in [0.717, 1.165) is 30.2 Å². The number of hydrogen-bond donors (Lipinski definition) is 1. The van der Waals surface area contributed by atoms with Gasteiger partial charge in [0.25, 0.3) is 0 Å². The van der Waals surface area contributed by atoms with Gasteiger partial charge in [-0.05, 0) is 11.8 Å². The number of hydrogen-bond acceptors (Lipinski definition) is 4. The van der Waals surface area contributed by atoms with Crippen LogP contribution in [0.2, 0.25) is 0 Å². The Morgan fingerprint density at radius 3 is 2.53 bits per heavy atom. The topological polar surface area (TPSA) is 37.8 Å². The van der Waals surface area contributed by atoms with Crippen LogP contribution in [-0.2, 0) is 12.3 Å². The highest BCUT2D eigenvalue weighted by Gasteiger charge is 2.00. The predicted octanol–water partition coefficient (Wildman–Crippen LogP) is 2.23. The lowest BCUT2D eigenvalue weighted by Crippen LogP contribution is -2.12. The van der Waals surface area contributed by atoms with Crippen LogP contribution in [-0.4, -0.2) is 21.8 Å². The first-order valence-electron chi connectivity index (χ1n) is 5.34. The molecule has 0 saturated carbocycles. The lowest BCUT2D eigenvalue weighted by molar-refractivity contribution is 0.719. The molecule has 0 aliphatic rings. The minimum absolute atomic E-state index is 0.634. The Bertz CT molecular complexity index is 272. The van der Waals surface area contributed by atoms with Crippen molar-refractivity contribution in [3.05, 3.63) is 23.8 Å². The van der Waals surface area contributed by atoms with Gasteiger partial charge in [-0.1, -0.05) is 20.8 Å². The normalized spacial score (nSPS) is 10.9. The zero-order valence-corrected chi connectivity index (χ0v) is 10.5. The van der Waals surface area contributed by atoms with Crippen LogP contribution in [0.25, 0.3) is 0 Å². The highest BCUT2D eigenvalue weighted by Crippen LogP contribution is 2.13. The van der Waals surface area contributed by atoms with Crippen molar-refractivity contribution in [2.75, 3.05) is 6.54 Å². The maximum Gasteiger partial charge on any atom is 0.138 e. The van der Waals surface area contributed by atoms with Gasteiger partial charge in [-0.2, -0.15) is 11.8 Å². The van der Waals surface area contributed by atoms with Gasteiger partial charge in [-0.25, -0.2) is 9.97 Å². The summed E-state index contributed by atoms with van der Waals surface area (Å²) < 4.78 is 0. The number of thioether (sulfide) groups is 1. The summed E-state index contributed by atoms with van der Waals surface area (Å²) in [7, 11) is 0. The number of aromatic nitrogens is 2. The van der Waals surface area contributed by atoms with Crippen LogP contribution in [0, 0.1) is 0 Å². The largest absolute Gasteiger partial charge is 0.313 e. The van der Waals surface area contributed by atoms with E-state index in [4.69, 9.17) is 0 Å². The lowest BCUT2D eigenvalue weighted by atomic mass is 10.3. The Labute approximate surface area is 96.1 Å². The average Bonchev–Trinajstić information content (AvgIpc) is 2.25. The number of nitrogens with zero attached hydrogens (tertiary/aromatic N) is 2. The summed E-state index contributed by atoms with van der Waals surface area (Å²) in [5.41, 5.74) is 1.15. The van der Waals surface area contributed by atoms with Gasteiger partial charge < -0.3 is 5.32 Å². The van der Waals surface area contributed by atoms with E-state index < -0.39 is 0 Å². The Balaban J connectivity index is 2.41. The summed E-state index contributed by atoms with van der Waals surface area (Å²) in [5, 5.41) is 3.88. The van der Waals surface area contributed by atoms with Crippen molar-refractivity contribution in [1.82, 2.24) is 15.3 Å². The highest BCUT2D eigenvalue weighted by molar-refractivity contribution is 7.99. The second kappa shape index (κ2) is 6.80. The van der Waals surface area contributed by atoms with Gasteiger partial charge >= 0.3 is 0 Å². The highest BCUT2D eigenvalue weighted by atomic mass is 32.2. The molecule has 0 fully saturated rings. The molecule has 1 N–H and O–H groups in total. The number of nitrogens with one attached hydrogen (secondary N) is 1. The van der Waals surface area contributed by atoms with Crippen molar-refractivity contribution in [2.45, 2.75) is 38.3 Å². The van der Waals surface area contributed by atoms with Crippen molar-refractivity contribution in [1.29, 1.82) is 0 Å². The summed E-state index contributed by atoms with van der Waals surface area (Å²) in [6.45, 7) is 8.29. The molecule has 0 aliphatic heterocycles. The maximum absolute atomic E-state index is 4.33. The summed E-state index contributed by atoms with van der Waals surface area (Å²) >= 11 is 1.87. The van der Waals surface area contributed by atoms with Crippen molar-refractivity contribution in [2.24, 2.45) is 0 Å². The minimum atomic E-state index is 0.634. The van der Waals surface area contributed by atoms with Crippen LogP contribution >= 0.6 is 11.8 Å². The first kappa shape index (κ1) is 12.5. The van der Waals surface area contributed by atoms with Gasteiger partial charge in [-0.3, -0.25) is 0 Å². The second-order valence-corrected chi connectivity index (χ2v) is 5.21. The average molecular weight is 225 g/mol. The third kappa shape index (κ3) is 5.14. The molecule has 0 unspecified atom stereocenters. The van der Waals surface area contributed by atoms with Gasteiger partial charge in [0.2, 0.25) is 0 Å². The van der Waals surface area contributed by atoms with Crippen LogP contribution in [0.1, 0.15) is 32.2 Å². The summed E-state index contributed by atoms with van der Waals surface area (Å²) in [5.74, 6) is 1.83. The fourth-order valence-electron chi connectivity index (χ4n) is 1.06. The van der Waals surface area contributed by atoms with Gasteiger partial charge in [-0.15, -0.1) is 0 Å². The van der Waals surface area contributed by atoms with Crippen molar-refractivity contribution in [3.8, 4) is 0 Å². The standard InChI is InChI=1S/C11H19N3S/c1-4-12-5-10-6-13-11(14-7-10)8-15-9(2)3/h6-7,9,12H,4-5,8H2,1-3H3. The zero-order valence-electron chi connectivity index (χ0n) is 9.66. The van der Waals surface area contributed by atoms with Crippen LogP contribution in [0.15, 0.2) is 12.4 Å². The van der Waals surface area contributed by atoms with Gasteiger partial charge in [0.1, 0.15) is 5.82 Å². The molecule has 84 valence electrons. The zero-order chi connectivity index (χ0) is 11.1. The molecule has 4 heteroatoms. The minimum Gasteiger partial charge on any atom is -0.313 e. The van der Waals surface area contributed by atoms with E-state index in [1.807, 2.05) is 24.2 Å². The number of rotatable bonds is 6. The van der Waals surface area contributed by atoms with Gasteiger partial charge in [0, 0.05) is 24.5 Å². The molecule has 1 heterocycles. The van der Waals surface area contributed by atoms with E-state index >= 15 is 0 Å². The smallest absolute Gasteiger partial charge is 0.138 e. The van der Waals surface area contributed by atoms with E-state index in [9.17, 15) is 0 Å². The molecule has 0 atom stereocenters. The Morgan fingerprint density at radius 1 is 1.33 bits per heavy atom. The maximum atomic E-state index is 4.33. The fourth-order valence-corrected chi connectivity index (χ4v) is 1.69. The van der Waals surface area contributed by atoms with E-state index in [1.54, 1.807) is 0 Å². The molecule has 3 nitrogen and oxygen atoms in total. The SMILES string of the molecule is CCNCc1cnc(CSC(C)C)nc1. The molecule has 0 amide bonds. The van der Waals surface area contributed by atoms with Crippen molar-refractivity contribution < 1.29 is 0 Å². The van der Waals surface area contributed by atoms with Crippen LogP contribution in [0.5, 0.6) is 0 Å².